The second-order valence-electron chi connectivity index (χ2n) is 7.74. The molecule has 0 aliphatic carbocycles. The summed E-state index contributed by atoms with van der Waals surface area (Å²) in [6.45, 7) is 7.99. The van der Waals surface area contributed by atoms with E-state index in [-0.39, 0.29) is 17.2 Å². The van der Waals surface area contributed by atoms with Crippen LogP contribution in [-0.2, 0) is 5.41 Å². The summed E-state index contributed by atoms with van der Waals surface area (Å²) < 4.78 is 0. The Morgan fingerprint density at radius 1 is 1.00 bits per heavy atom. The number of pyridine rings is 1. The molecule has 26 heavy (non-hydrogen) atoms. The third-order valence-electron chi connectivity index (χ3n) is 4.65. The number of carbonyl (C=O) groups is 2. The molecule has 1 aromatic heterocycles. The zero-order chi connectivity index (χ0) is 18.7. The quantitative estimate of drug-likeness (QED) is 0.913. The lowest BCUT2D eigenvalue weighted by Crippen LogP contribution is -2.28. The van der Waals surface area contributed by atoms with Gasteiger partial charge >= 0.3 is 0 Å². The minimum atomic E-state index is -0.267. The van der Waals surface area contributed by atoms with Crippen LogP contribution >= 0.6 is 0 Å². The third kappa shape index (κ3) is 4.10. The van der Waals surface area contributed by atoms with Crippen molar-refractivity contribution < 1.29 is 9.59 Å². The zero-order valence-corrected chi connectivity index (χ0v) is 15.6. The van der Waals surface area contributed by atoms with Crippen LogP contribution in [0.4, 0.5) is 5.69 Å². The number of nitrogens with zero attached hydrogens (tertiary/aromatic N) is 2. The van der Waals surface area contributed by atoms with Crippen molar-refractivity contribution in [1.29, 1.82) is 0 Å². The van der Waals surface area contributed by atoms with Gasteiger partial charge in [0.05, 0.1) is 11.1 Å². The SMILES string of the molecule is CC(C)(C)c1ccc(NC(=O)c2cncc(C(=O)N3CCCC3)c2)cc1. The van der Waals surface area contributed by atoms with Crippen LogP contribution < -0.4 is 5.32 Å². The lowest BCUT2D eigenvalue weighted by atomic mass is 9.87. The second-order valence-corrected chi connectivity index (χ2v) is 7.74. The maximum absolute atomic E-state index is 12.5. The molecule has 1 saturated heterocycles. The van der Waals surface area contributed by atoms with Gasteiger partial charge in [0.2, 0.25) is 0 Å². The topological polar surface area (TPSA) is 62.3 Å². The predicted octanol–water partition coefficient (Wildman–Crippen LogP) is 3.87. The number of hydrogen-bond acceptors (Lipinski definition) is 3. The number of amides is 2. The van der Waals surface area contributed by atoms with Crippen molar-refractivity contribution in [1.82, 2.24) is 9.88 Å². The number of aromatic nitrogens is 1. The Kier molecular flexibility index (Phi) is 5.07. The Balaban J connectivity index is 1.72. The molecule has 1 aliphatic heterocycles. The molecule has 0 unspecified atom stereocenters. The van der Waals surface area contributed by atoms with Gasteiger partial charge in [-0.05, 0) is 42.0 Å². The van der Waals surface area contributed by atoms with Gasteiger partial charge in [0.25, 0.3) is 11.8 Å². The molecular formula is C21H25N3O2. The molecule has 5 nitrogen and oxygen atoms in total. The highest BCUT2D eigenvalue weighted by Crippen LogP contribution is 2.23. The molecule has 136 valence electrons. The molecule has 0 saturated carbocycles. The van der Waals surface area contributed by atoms with E-state index < -0.39 is 0 Å². The molecule has 0 bridgehead atoms. The van der Waals surface area contributed by atoms with E-state index in [0.29, 0.717) is 11.1 Å². The van der Waals surface area contributed by atoms with Crippen LogP contribution in [0.1, 0.15) is 59.9 Å². The highest BCUT2D eigenvalue weighted by molar-refractivity contribution is 6.05. The lowest BCUT2D eigenvalue weighted by molar-refractivity contribution is 0.0792. The van der Waals surface area contributed by atoms with Gasteiger partial charge in [0.15, 0.2) is 0 Å². The van der Waals surface area contributed by atoms with Crippen LogP contribution in [0.5, 0.6) is 0 Å². The minimum absolute atomic E-state index is 0.0563. The molecule has 5 heteroatoms. The van der Waals surface area contributed by atoms with E-state index in [1.807, 2.05) is 29.2 Å². The first-order valence-corrected chi connectivity index (χ1v) is 9.01. The Bertz CT molecular complexity index is 801. The summed E-state index contributed by atoms with van der Waals surface area (Å²) in [5.41, 5.74) is 2.84. The van der Waals surface area contributed by atoms with Crippen LogP contribution in [0.15, 0.2) is 42.7 Å². The monoisotopic (exact) mass is 351 g/mol. The average molecular weight is 351 g/mol. The summed E-state index contributed by atoms with van der Waals surface area (Å²) in [5.74, 6) is -0.323. The summed E-state index contributed by atoms with van der Waals surface area (Å²) in [6, 6.07) is 9.44. The predicted molar refractivity (Wildman–Crippen MR) is 102 cm³/mol. The highest BCUT2D eigenvalue weighted by atomic mass is 16.2. The number of rotatable bonds is 3. The molecule has 3 rings (SSSR count). The van der Waals surface area contributed by atoms with Crippen molar-refractivity contribution in [2.24, 2.45) is 0 Å². The van der Waals surface area contributed by atoms with Crippen molar-refractivity contribution in [2.75, 3.05) is 18.4 Å². The molecule has 0 radical (unpaired) electrons. The van der Waals surface area contributed by atoms with Gasteiger partial charge < -0.3 is 10.2 Å². The summed E-state index contributed by atoms with van der Waals surface area (Å²) in [6.07, 6.45) is 5.07. The van der Waals surface area contributed by atoms with Crippen LogP contribution in [0.2, 0.25) is 0 Å². The number of anilines is 1. The fourth-order valence-corrected chi connectivity index (χ4v) is 3.04. The van der Waals surface area contributed by atoms with Crippen molar-refractivity contribution >= 4 is 17.5 Å². The molecule has 2 aromatic rings. The molecule has 0 atom stereocenters. The molecule has 0 spiro atoms. The summed E-state index contributed by atoms with van der Waals surface area (Å²) in [7, 11) is 0. The second kappa shape index (κ2) is 7.28. The fraction of sp³-hybridized carbons (Fsp3) is 0.381. The number of benzene rings is 1. The molecule has 1 fully saturated rings. The summed E-state index contributed by atoms with van der Waals surface area (Å²) in [5, 5.41) is 2.87. The smallest absolute Gasteiger partial charge is 0.257 e. The molecule has 2 amide bonds. The maximum atomic E-state index is 12.5. The number of likely N-dealkylation sites (tertiary alicyclic amines) is 1. The van der Waals surface area contributed by atoms with Gasteiger partial charge in [-0.15, -0.1) is 0 Å². The maximum Gasteiger partial charge on any atom is 0.257 e. The van der Waals surface area contributed by atoms with Gasteiger partial charge in [-0.3, -0.25) is 14.6 Å². The van der Waals surface area contributed by atoms with Crippen molar-refractivity contribution in [3.8, 4) is 0 Å². The van der Waals surface area contributed by atoms with Crippen LogP contribution in [0, 0.1) is 0 Å². The lowest BCUT2D eigenvalue weighted by Gasteiger charge is -2.19. The van der Waals surface area contributed by atoms with Crippen LogP contribution in [0.25, 0.3) is 0 Å². The summed E-state index contributed by atoms with van der Waals surface area (Å²) >= 11 is 0. The van der Waals surface area contributed by atoms with Gasteiger partial charge in [0, 0.05) is 31.2 Å². The fourth-order valence-electron chi connectivity index (χ4n) is 3.04. The van der Waals surface area contributed by atoms with Gasteiger partial charge in [-0.25, -0.2) is 0 Å². The number of nitrogens with one attached hydrogen (secondary N) is 1. The average Bonchev–Trinajstić information content (AvgIpc) is 3.15. The standard InChI is InChI=1S/C21H25N3O2/c1-21(2,3)17-6-8-18(9-7-17)23-19(25)15-12-16(14-22-13-15)20(26)24-10-4-5-11-24/h6-9,12-14H,4-5,10-11H2,1-3H3,(H,23,25). The number of hydrogen-bond donors (Lipinski definition) is 1. The van der Waals surface area contributed by atoms with E-state index >= 15 is 0 Å². The Morgan fingerprint density at radius 2 is 1.62 bits per heavy atom. The first-order valence-electron chi connectivity index (χ1n) is 9.01. The molecular weight excluding hydrogens is 326 g/mol. The largest absolute Gasteiger partial charge is 0.339 e. The van der Waals surface area contributed by atoms with E-state index in [9.17, 15) is 9.59 Å². The van der Waals surface area contributed by atoms with E-state index in [1.54, 1.807) is 6.07 Å². The molecule has 1 N–H and O–H groups in total. The van der Waals surface area contributed by atoms with Gasteiger partial charge in [-0.1, -0.05) is 32.9 Å². The van der Waals surface area contributed by atoms with E-state index in [4.69, 9.17) is 0 Å². The third-order valence-corrected chi connectivity index (χ3v) is 4.65. The van der Waals surface area contributed by atoms with E-state index in [0.717, 1.165) is 31.6 Å². The normalized spacial score (nSPS) is 14.3. The molecule has 1 aromatic carbocycles. The summed E-state index contributed by atoms with van der Waals surface area (Å²) in [4.78, 5) is 30.9. The van der Waals surface area contributed by atoms with E-state index in [2.05, 4.69) is 31.1 Å². The zero-order valence-electron chi connectivity index (χ0n) is 15.6. The highest BCUT2D eigenvalue weighted by Gasteiger charge is 2.21. The van der Waals surface area contributed by atoms with Gasteiger partial charge in [0.1, 0.15) is 0 Å². The molecule has 1 aliphatic rings. The van der Waals surface area contributed by atoms with Crippen molar-refractivity contribution in [3.05, 3.63) is 59.4 Å². The minimum Gasteiger partial charge on any atom is -0.339 e. The Morgan fingerprint density at radius 3 is 2.23 bits per heavy atom. The first kappa shape index (κ1) is 18.1. The molecule has 2 heterocycles. The van der Waals surface area contributed by atoms with Crippen molar-refractivity contribution in [3.63, 3.8) is 0 Å². The first-order chi connectivity index (χ1) is 12.3. The number of carbonyl (C=O) groups excluding carboxylic acids is 2. The van der Waals surface area contributed by atoms with E-state index in [1.165, 1.54) is 18.0 Å². The van der Waals surface area contributed by atoms with Crippen LogP contribution in [-0.4, -0.2) is 34.8 Å². The van der Waals surface area contributed by atoms with Crippen molar-refractivity contribution in [2.45, 2.75) is 39.0 Å². The Labute approximate surface area is 154 Å². The van der Waals surface area contributed by atoms with Gasteiger partial charge in [-0.2, -0.15) is 0 Å². The Hall–Kier alpha value is -2.69. The van der Waals surface area contributed by atoms with Crippen LogP contribution in [0.3, 0.4) is 0 Å².